The number of likely N-dealkylation sites (tertiary alicyclic amines) is 1. The molecule has 1 heterocycles. The molecule has 0 amide bonds. The molecule has 0 saturated carbocycles. The summed E-state index contributed by atoms with van der Waals surface area (Å²) < 4.78 is 18.2. The molecular weight excluding hydrogens is 285 g/mol. The number of rotatable bonds is 5. The van der Waals surface area contributed by atoms with Crippen LogP contribution >= 0.6 is 11.6 Å². The number of benzene rings is 1. The van der Waals surface area contributed by atoms with Gasteiger partial charge in [-0.1, -0.05) is 17.7 Å². The van der Waals surface area contributed by atoms with Crippen molar-refractivity contribution < 1.29 is 19.0 Å². The van der Waals surface area contributed by atoms with Gasteiger partial charge in [0, 0.05) is 24.7 Å². The predicted octanol–water partition coefficient (Wildman–Crippen LogP) is 2.54. The molecule has 2 rings (SSSR count). The molecule has 0 aromatic heterocycles. The normalized spacial score (nSPS) is 17.3. The van der Waals surface area contributed by atoms with Gasteiger partial charge in [-0.2, -0.15) is 0 Å². The molecule has 0 bridgehead atoms. The number of piperidine rings is 1. The van der Waals surface area contributed by atoms with Crippen LogP contribution in [0.1, 0.15) is 18.4 Å². The molecule has 0 atom stereocenters. The number of hydrogen-bond acceptors (Lipinski definition) is 3. The lowest BCUT2D eigenvalue weighted by Crippen LogP contribution is -2.37. The summed E-state index contributed by atoms with van der Waals surface area (Å²) in [6.07, 6.45) is 1.60. The molecule has 0 unspecified atom stereocenters. The van der Waals surface area contributed by atoms with Crippen LogP contribution in [0.3, 0.4) is 0 Å². The second kappa shape index (κ2) is 7.02. The zero-order valence-electron chi connectivity index (χ0n) is 11.0. The van der Waals surface area contributed by atoms with E-state index in [1.807, 2.05) is 0 Å². The van der Waals surface area contributed by atoms with Gasteiger partial charge >= 0.3 is 5.97 Å². The number of carbonyl (C=O) groups is 1. The standard InChI is InChI=1S/C14H17ClFNO3/c15-13-7-11(16)2-1-10(13)8-17-5-3-12(4-6-17)20-9-14(18)19/h1-2,7,12H,3-6,8-9H2,(H,18,19). The van der Waals surface area contributed by atoms with E-state index in [1.54, 1.807) is 6.07 Å². The van der Waals surface area contributed by atoms with Gasteiger partial charge in [-0.05, 0) is 30.5 Å². The third-order valence-corrected chi connectivity index (χ3v) is 3.74. The largest absolute Gasteiger partial charge is 0.480 e. The number of carboxylic acid groups (broad SMARTS) is 1. The smallest absolute Gasteiger partial charge is 0.329 e. The van der Waals surface area contributed by atoms with E-state index >= 15 is 0 Å². The molecule has 110 valence electrons. The number of nitrogens with zero attached hydrogens (tertiary/aromatic N) is 1. The van der Waals surface area contributed by atoms with Crippen molar-refractivity contribution in [3.63, 3.8) is 0 Å². The number of carboxylic acids is 1. The van der Waals surface area contributed by atoms with Crippen molar-refractivity contribution >= 4 is 17.6 Å². The molecule has 1 saturated heterocycles. The highest BCUT2D eigenvalue weighted by Gasteiger charge is 2.21. The Labute approximate surface area is 122 Å². The lowest BCUT2D eigenvalue weighted by molar-refractivity contribution is -0.145. The summed E-state index contributed by atoms with van der Waals surface area (Å²) in [5.41, 5.74) is 0.901. The Hall–Kier alpha value is -1.17. The fourth-order valence-corrected chi connectivity index (χ4v) is 2.54. The van der Waals surface area contributed by atoms with Gasteiger partial charge in [0.05, 0.1) is 6.10 Å². The van der Waals surface area contributed by atoms with E-state index in [4.69, 9.17) is 21.4 Å². The minimum absolute atomic E-state index is 0.00559. The zero-order valence-corrected chi connectivity index (χ0v) is 11.8. The monoisotopic (exact) mass is 301 g/mol. The highest BCUT2D eigenvalue weighted by molar-refractivity contribution is 6.31. The number of halogens is 2. The Balaban J connectivity index is 1.80. The Bertz CT molecular complexity index is 475. The average molecular weight is 302 g/mol. The molecule has 1 aliphatic heterocycles. The van der Waals surface area contributed by atoms with Gasteiger partial charge in [0.15, 0.2) is 0 Å². The van der Waals surface area contributed by atoms with E-state index in [1.165, 1.54) is 12.1 Å². The molecule has 1 fully saturated rings. The summed E-state index contributed by atoms with van der Waals surface area (Å²) in [5.74, 6) is -1.27. The second-order valence-electron chi connectivity index (χ2n) is 4.92. The van der Waals surface area contributed by atoms with Gasteiger partial charge in [0.2, 0.25) is 0 Å². The lowest BCUT2D eigenvalue weighted by Gasteiger charge is -2.31. The zero-order chi connectivity index (χ0) is 14.5. The third-order valence-electron chi connectivity index (χ3n) is 3.39. The fraction of sp³-hybridized carbons (Fsp3) is 0.500. The van der Waals surface area contributed by atoms with Crippen LogP contribution in [0.4, 0.5) is 4.39 Å². The average Bonchev–Trinajstić information content (AvgIpc) is 2.41. The van der Waals surface area contributed by atoms with Crippen LogP contribution < -0.4 is 0 Å². The number of ether oxygens (including phenoxy) is 1. The maximum atomic E-state index is 13.0. The van der Waals surface area contributed by atoms with E-state index in [0.29, 0.717) is 11.6 Å². The van der Waals surface area contributed by atoms with Crippen LogP contribution in [0.2, 0.25) is 5.02 Å². The molecule has 1 N–H and O–H groups in total. The highest BCUT2D eigenvalue weighted by Crippen LogP contribution is 2.21. The van der Waals surface area contributed by atoms with Gasteiger partial charge in [-0.15, -0.1) is 0 Å². The quantitative estimate of drug-likeness (QED) is 0.908. The molecule has 20 heavy (non-hydrogen) atoms. The maximum Gasteiger partial charge on any atom is 0.329 e. The molecule has 0 spiro atoms. The summed E-state index contributed by atoms with van der Waals surface area (Å²) in [7, 11) is 0. The molecular formula is C14H17ClFNO3. The van der Waals surface area contributed by atoms with Crippen LogP contribution in [0.25, 0.3) is 0 Å². The van der Waals surface area contributed by atoms with Crippen molar-refractivity contribution in [3.05, 3.63) is 34.6 Å². The van der Waals surface area contributed by atoms with E-state index in [0.717, 1.165) is 31.5 Å². The molecule has 0 aliphatic carbocycles. The Kier molecular flexibility index (Phi) is 5.34. The highest BCUT2D eigenvalue weighted by atomic mass is 35.5. The van der Waals surface area contributed by atoms with E-state index in [-0.39, 0.29) is 18.5 Å². The first kappa shape index (κ1) is 15.2. The summed E-state index contributed by atoms with van der Waals surface area (Å²) in [5, 5.41) is 9.00. The summed E-state index contributed by atoms with van der Waals surface area (Å²) in [6, 6.07) is 4.42. The van der Waals surface area contributed by atoms with Gasteiger partial charge in [-0.3, -0.25) is 4.90 Å². The molecule has 1 aliphatic rings. The first-order valence-electron chi connectivity index (χ1n) is 6.54. The van der Waals surface area contributed by atoms with Crippen LogP contribution in [-0.2, 0) is 16.1 Å². The van der Waals surface area contributed by atoms with Crippen molar-refractivity contribution in [2.75, 3.05) is 19.7 Å². The van der Waals surface area contributed by atoms with Gasteiger partial charge in [0.25, 0.3) is 0 Å². The minimum atomic E-state index is -0.939. The van der Waals surface area contributed by atoms with Gasteiger partial charge in [0.1, 0.15) is 12.4 Å². The van der Waals surface area contributed by atoms with Crippen molar-refractivity contribution in [2.24, 2.45) is 0 Å². The fourth-order valence-electron chi connectivity index (χ4n) is 2.31. The second-order valence-corrected chi connectivity index (χ2v) is 5.32. The van der Waals surface area contributed by atoms with Crippen LogP contribution in [0.5, 0.6) is 0 Å². The summed E-state index contributed by atoms with van der Waals surface area (Å²) >= 11 is 6.01. The van der Waals surface area contributed by atoms with E-state index in [9.17, 15) is 9.18 Å². The van der Waals surface area contributed by atoms with Crippen LogP contribution in [-0.4, -0.2) is 41.8 Å². The minimum Gasteiger partial charge on any atom is -0.480 e. The van der Waals surface area contributed by atoms with Crippen molar-refractivity contribution in [1.82, 2.24) is 4.90 Å². The molecule has 0 radical (unpaired) electrons. The first-order valence-corrected chi connectivity index (χ1v) is 6.92. The molecule has 4 nitrogen and oxygen atoms in total. The number of hydrogen-bond donors (Lipinski definition) is 1. The summed E-state index contributed by atoms with van der Waals surface area (Å²) in [6.45, 7) is 2.06. The Morgan fingerprint density at radius 3 is 2.75 bits per heavy atom. The van der Waals surface area contributed by atoms with Crippen molar-refractivity contribution in [2.45, 2.75) is 25.5 Å². The SMILES string of the molecule is O=C(O)COC1CCN(Cc2ccc(F)cc2Cl)CC1. The van der Waals surface area contributed by atoms with Crippen LogP contribution in [0.15, 0.2) is 18.2 Å². The van der Waals surface area contributed by atoms with Crippen molar-refractivity contribution in [3.8, 4) is 0 Å². The number of aliphatic carboxylic acids is 1. The van der Waals surface area contributed by atoms with E-state index < -0.39 is 5.97 Å². The molecule has 1 aromatic carbocycles. The molecule has 1 aromatic rings. The Morgan fingerprint density at radius 1 is 1.45 bits per heavy atom. The summed E-state index contributed by atoms with van der Waals surface area (Å²) in [4.78, 5) is 12.6. The molecule has 6 heteroatoms. The van der Waals surface area contributed by atoms with Gasteiger partial charge < -0.3 is 9.84 Å². The van der Waals surface area contributed by atoms with Gasteiger partial charge in [-0.25, -0.2) is 9.18 Å². The first-order chi connectivity index (χ1) is 9.54. The topological polar surface area (TPSA) is 49.8 Å². The predicted molar refractivity (Wildman–Crippen MR) is 73.3 cm³/mol. The Morgan fingerprint density at radius 2 is 2.15 bits per heavy atom. The van der Waals surface area contributed by atoms with Crippen molar-refractivity contribution in [1.29, 1.82) is 0 Å². The van der Waals surface area contributed by atoms with E-state index in [2.05, 4.69) is 4.90 Å². The third kappa shape index (κ3) is 4.44. The maximum absolute atomic E-state index is 13.0. The lowest BCUT2D eigenvalue weighted by atomic mass is 10.1. The van der Waals surface area contributed by atoms with Crippen LogP contribution in [0, 0.1) is 5.82 Å².